The summed E-state index contributed by atoms with van der Waals surface area (Å²) < 4.78 is 104. The fourth-order valence-electron chi connectivity index (χ4n) is 25.9. The number of rotatable bonds is 20. The fourth-order valence-corrected chi connectivity index (χ4v) is 26.6. The normalized spacial score (nSPS) is 24.0. The van der Waals surface area contributed by atoms with Crippen molar-refractivity contribution in [3.05, 3.63) is 228 Å². The molecule has 13 saturated carbocycles. The van der Waals surface area contributed by atoms with E-state index in [4.69, 9.17) is 57.0 Å². The Morgan fingerprint density at radius 3 is 1.10 bits per heavy atom. The van der Waals surface area contributed by atoms with Crippen LogP contribution < -0.4 is 0 Å². The highest BCUT2D eigenvalue weighted by atomic mass is 32.1. The number of aromatic amines is 4. The van der Waals surface area contributed by atoms with E-state index in [0.717, 1.165) is 131 Å². The van der Waals surface area contributed by atoms with Crippen LogP contribution in [-0.2, 0) is 32.7 Å². The lowest BCUT2D eigenvalue weighted by Crippen LogP contribution is -2.39. The zero-order chi connectivity index (χ0) is 97.2. The molecule has 19 aromatic heterocycles. The third-order valence-electron chi connectivity index (χ3n) is 33.9. The highest BCUT2D eigenvalue weighted by Gasteiger charge is 2.47. The van der Waals surface area contributed by atoms with Crippen LogP contribution >= 0.6 is 11.3 Å². The van der Waals surface area contributed by atoms with Crippen molar-refractivity contribution in [1.29, 1.82) is 0 Å². The molecule has 0 aliphatic heterocycles. The first kappa shape index (κ1) is 91.1. The van der Waals surface area contributed by atoms with Gasteiger partial charge in [0.25, 0.3) is 0 Å². The second-order valence-electron chi connectivity index (χ2n) is 41.9. The zero-order valence-electron chi connectivity index (χ0n) is 80.5. The number of furan rings is 5. The summed E-state index contributed by atoms with van der Waals surface area (Å²) in [7, 11) is 1.99. The lowest BCUT2D eigenvalue weighted by Gasteiger charge is -2.47. The lowest BCUT2D eigenvalue weighted by atomic mass is 9.58. The molecule has 732 valence electrons. The molecule has 0 spiro atoms. The number of fused-ring (bicyclic) bond motifs is 16. The summed E-state index contributed by atoms with van der Waals surface area (Å²) in [5.41, 5.74) is 10.4. The molecule has 0 radical (unpaired) electrons. The van der Waals surface area contributed by atoms with Gasteiger partial charge in [-0.25, -0.2) is 81.8 Å². The quantitative estimate of drug-likeness (QED) is 0.0515. The van der Waals surface area contributed by atoms with Crippen molar-refractivity contribution in [3.63, 3.8) is 0 Å². The van der Waals surface area contributed by atoms with Gasteiger partial charge in [-0.05, 0) is 363 Å². The number of hydrogen-bond acceptors (Lipinski definition) is 22. The van der Waals surface area contributed by atoms with Crippen molar-refractivity contribution < 1.29 is 44.0 Å². The van der Waals surface area contributed by atoms with E-state index in [-0.39, 0.29) is 11.5 Å². The molecule has 19 heterocycles. The van der Waals surface area contributed by atoms with Crippen molar-refractivity contribution in [1.82, 2.24) is 105 Å². The standard InChI is InChI=1S/C29H29FN6O.C28H26FN5O2.C28H26FN5OS.C27H27F2N5O/c1-16-17-5-7-18(8-6-17)21(16)13-20-14-23(25-9-10-26(37-25)24-4-3-11-36(24)2)33-29(32-20)27-22-12-19(30)15-31-28(22)35-34-27;1-15-16-4-6-17(7-5-16)20(15)12-19-13-22(23-8-9-25(36-23)24-3-2-10-35-24)32-28(31-19)26-21-11-18(29)14-30-27(21)34-33-26;1-15-16-4-6-17(7-5-16)20(15)12-19-13-22(23-8-9-24(35-23)25-3-2-10-36-25)32-28(31-19)26-21-11-18(29)14-30-27(21)34-33-26;1-13-14-2-4-15(5-3-14)18(13)11-20-23(29)25(22-9-8-21(35-22)16-6-7-16)32-27(31-20)24-19-10-17(28)12-30-26(19)34-33-24/h3-4,9-12,14-18,21H,5-8,13H2,1-2H3,(H,31,34,35);2*2-3,8-11,13-17,20H,4-7,12H2,1H3,(H,30,33,34);8-10,12-16,18H,2-7,11H2,1H3,(H,30,33,34)/t16-,17?,18?,21+;2*15-,16?,17?,20+;13-,14?,15?,18+/m0000/s1. The number of pyridine rings is 4. The zero-order valence-corrected chi connectivity index (χ0v) is 81.3. The van der Waals surface area contributed by atoms with Gasteiger partial charge in [0.15, 0.2) is 92.0 Å². The average molecular weight is 1960 g/mol. The first-order valence-electron chi connectivity index (χ1n) is 51.1. The molecule has 13 fully saturated rings. The minimum absolute atomic E-state index is 0.151. The molecule has 0 saturated heterocycles. The van der Waals surface area contributed by atoms with E-state index in [2.05, 4.69) is 106 Å². The van der Waals surface area contributed by atoms with E-state index in [1.807, 2.05) is 108 Å². The van der Waals surface area contributed by atoms with E-state index < -0.39 is 29.1 Å². The number of halogens is 5. The van der Waals surface area contributed by atoms with Crippen LogP contribution in [-0.4, -0.2) is 105 Å². The number of aromatic nitrogens is 21. The van der Waals surface area contributed by atoms with Crippen LogP contribution in [0.1, 0.15) is 178 Å². The number of hydrogen-bond donors (Lipinski definition) is 4. The largest absolute Gasteiger partial charge is 0.461 e. The molecule has 19 aromatic rings. The van der Waals surface area contributed by atoms with Gasteiger partial charge in [0.1, 0.15) is 80.3 Å². The molecule has 13 aliphatic rings. The van der Waals surface area contributed by atoms with Gasteiger partial charge in [-0.15, -0.1) is 11.3 Å². The summed E-state index contributed by atoms with van der Waals surface area (Å²) >= 11 is 1.64. The molecule has 32 heteroatoms. The first-order valence-corrected chi connectivity index (χ1v) is 52.0. The van der Waals surface area contributed by atoms with Crippen molar-refractivity contribution in [2.24, 2.45) is 102 Å². The molecule has 8 atom stereocenters. The fraction of sp³-hybridized carbons (Fsp3) is 0.393. The molecule has 0 amide bonds. The minimum atomic E-state index is -0.477. The summed E-state index contributed by atoms with van der Waals surface area (Å²) in [6, 6.07) is 38.9. The Morgan fingerprint density at radius 2 is 0.722 bits per heavy atom. The Morgan fingerprint density at radius 1 is 0.347 bits per heavy atom. The average Bonchev–Trinajstić information content (AvgIpc) is 1.30. The van der Waals surface area contributed by atoms with E-state index in [0.29, 0.717) is 208 Å². The van der Waals surface area contributed by atoms with Gasteiger partial charge in [-0.3, -0.25) is 20.4 Å². The molecule has 13 aliphatic carbocycles. The van der Waals surface area contributed by atoms with E-state index in [1.54, 1.807) is 23.7 Å². The van der Waals surface area contributed by atoms with Crippen molar-refractivity contribution >= 4 is 55.5 Å². The molecular weight excluding hydrogens is 1850 g/mol. The Bertz CT molecular complexity index is 7670. The van der Waals surface area contributed by atoms with Crippen LogP contribution in [0.4, 0.5) is 22.0 Å². The lowest BCUT2D eigenvalue weighted by molar-refractivity contribution is 0.0334. The number of nitrogens with zero attached hydrogens (tertiary/aromatic N) is 17. The highest BCUT2D eigenvalue weighted by Crippen LogP contribution is 2.55. The van der Waals surface area contributed by atoms with Gasteiger partial charge in [-0.1, -0.05) is 33.8 Å². The second-order valence-corrected chi connectivity index (χ2v) is 42.8. The third kappa shape index (κ3) is 17.7. The Kier molecular flexibility index (Phi) is 23.9. The van der Waals surface area contributed by atoms with Gasteiger partial charge < -0.3 is 26.7 Å². The highest BCUT2D eigenvalue weighted by molar-refractivity contribution is 7.13. The Hall–Kier alpha value is -14.2. The predicted octanol–water partition coefficient (Wildman–Crippen LogP) is 26.7. The summed E-state index contributed by atoms with van der Waals surface area (Å²) in [4.78, 5) is 56.2. The number of H-pyrrole nitrogens is 4. The van der Waals surface area contributed by atoms with Crippen LogP contribution in [0.15, 0.2) is 192 Å². The van der Waals surface area contributed by atoms with E-state index in [9.17, 15) is 17.6 Å². The van der Waals surface area contributed by atoms with Crippen LogP contribution in [0.2, 0.25) is 0 Å². The molecule has 0 aromatic carbocycles. The monoisotopic (exact) mass is 1950 g/mol. The van der Waals surface area contributed by atoms with Gasteiger partial charge in [0.05, 0.1) is 68.9 Å². The van der Waals surface area contributed by atoms with E-state index >= 15 is 4.39 Å². The SMILES string of the molecule is C[C@H]1C2CCC(CC2)[C@@H]1Cc1cc(-c2ccc(-c3cccn3C)o2)nc(-c2[nH]nc3ncc(F)cc23)n1.C[C@H]1C2CCC(CC2)[C@@H]1Cc1cc(-c2ccc(-c3ccco3)o2)nc(-c2[nH]nc3ncc(F)cc23)n1.C[C@H]1C2CCC(CC2)[C@@H]1Cc1cc(-c2ccc(-c3cccs3)o2)nc(-c2[nH]nc3ncc(F)cc23)n1.C[C@H]1C2CCC(CC2)[C@@H]1Cc1nc(-c2[nH]nc3ncc(F)cc23)nc(-c2ccc(C3CC3)o2)c1F. The predicted molar refractivity (Wildman–Crippen MR) is 535 cm³/mol. The summed E-state index contributed by atoms with van der Waals surface area (Å²) in [5.74, 6) is 16.9. The molecule has 32 rings (SSSR count). The maximum Gasteiger partial charge on any atom is 0.181 e. The smallest absolute Gasteiger partial charge is 0.181 e. The van der Waals surface area contributed by atoms with Crippen molar-refractivity contribution in [2.75, 3.05) is 0 Å². The van der Waals surface area contributed by atoms with Crippen molar-refractivity contribution in [2.45, 2.75) is 175 Å². The van der Waals surface area contributed by atoms with Gasteiger partial charge >= 0.3 is 0 Å². The van der Waals surface area contributed by atoms with Crippen molar-refractivity contribution in [3.8, 4) is 126 Å². The number of thiophene rings is 1. The maximum absolute atomic E-state index is 16.0. The molecule has 26 nitrogen and oxygen atoms in total. The number of nitrogens with one attached hydrogen (secondary N) is 4. The minimum Gasteiger partial charge on any atom is -0.461 e. The van der Waals surface area contributed by atoms with Crippen LogP contribution in [0.3, 0.4) is 0 Å². The molecule has 8 bridgehead atoms. The maximum atomic E-state index is 16.0. The van der Waals surface area contributed by atoms with E-state index in [1.165, 1.54) is 139 Å². The van der Waals surface area contributed by atoms with Gasteiger partial charge in [0, 0.05) is 36.2 Å². The summed E-state index contributed by atoms with van der Waals surface area (Å²) in [6.07, 6.45) is 34.7. The molecule has 144 heavy (non-hydrogen) atoms. The topological polar surface area (TPSA) is 340 Å². The second kappa shape index (κ2) is 37.9. The Labute approximate surface area is 829 Å². The van der Waals surface area contributed by atoms with Crippen LogP contribution in [0, 0.1) is 124 Å². The summed E-state index contributed by atoms with van der Waals surface area (Å²) in [5, 5.41) is 33.0. The Balaban J connectivity index is 0.000000101. The van der Waals surface area contributed by atoms with Gasteiger partial charge in [-0.2, -0.15) is 20.4 Å². The molecular formula is C112H108F5N21O5S. The first-order chi connectivity index (χ1) is 70.3. The molecule has 0 unspecified atom stereocenters. The molecule has 4 N–H and O–H groups in total. The van der Waals surface area contributed by atoms with Gasteiger partial charge in [0.2, 0.25) is 0 Å². The van der Waals surface area contributed by atoms with Crippen LogP contribution in [0.25, 0.3) is 170 Å². The third-order valence-corrected chi connectivity index (χ3v) is 34.8. The number of aryl methyl sites for hydroxylation is 1. The summed E-state index contributed by atoms with van der Waals surface area (Å²) in [6.45, 7) is 9.55. The van der Waals surface area contributed by atoms with Crippen LogP contribution in [0.5, 0.6) is 0 Å².